The molecule has 0 radical (unpaired) electrons. The lowest BCUT2D eigenvalue weighted by Gasteiger charge is -2.20. The van der Waals surface area contributed by atoms with E-state index in [1.54, 1.807) is 12.1 Å². The fraction of sp³-hybridized carbons (Fsp3) is 0.286. The molecule has 1 atom stereocenters. The molecule has 1 aliphatic rings. The van der Waals surface area contributed by atoms with E-state index < -0.39 is 9.84 Å². The molecule has 142 valence electrons. The van der Waals surface area contributed by atoms with Gasteiger partial charge in [-0.1, -0.05) is 35.9 Å². The Bertz CT molecular complexity index is 962. The fourth-order valence-corrected chi connectivity index (χ4v) is 4.77. The van der Waals surface area contributed by atoms with Gasteiger partial charge in [-0.2, -0.15) is 0 Å². The highest BCUT2D eigenvalue weighted by atomic mass is 35.5. The summed E-state index contributed by atoms with van der Waals surface area (Å²) in [5.41, 5.74) is 2.03. The van der Waals surface area contributed by atoms with Crippen LogP contribution in [0.3, 0.4) is 0 Å². The Morgan fingerprint density at radius 2 is 1.81 bits per heavy atom. The van der Waals surface area contributed by atoms with Gasteiger partial charge >= 0.3 is 0 Å². The normalized spacial score (nSPS) is 17.6. The monoisotopic (exact) mass is 404 g/mol. The molecule has 2 aromatic carbocycles. The number of ketones is 1. The third kappa shape index (κ3) is 5.21. The summed E-state index contributed by atoms with van der Waals surface area (Å²) in [7, 11) is -3.34. The van der Waals surface area contributed by atoms with Crippen LogP contribution in [-0.4, -0.2) is 25.1 Å². The number of aliphatic hydroxyl groups excluding tert-OH is 1. The average Bonchev–Trinajstić information content (AvgIpc) is 2.61. The number of allylic oxidation sites excluding steroid dienone is 2. The van der Waals surface area contributed by atoms with Gasteiger partial charge in [-0.25, -0.2) is 8.42 Å². The predicted molar refractivity (Wildman–Crippen MR) is 106 cm³/mol. The lowest BCUT2D eigenvalue weighted by Crippen LogP contribution is -2.13. The number of rotatable bonds is 6. The first-order chi connectivity index (χ1) is 12.8. The maximum absolute atomic E-state index is 12.4. The molecular formula is C21H21ClO4S. The van der Waals surface area contributed by atoms with Crippen LogP contribution in [0.25, 0.3) is 0 Å². The Morgan fingerprint density at radius 3 is 2.52 bits per heavy atom. The highest BCUT2D eigenvalue weighted by molar-refractivity contribution is 7.91. The van der Waals surface area contributed by atoms with Crippen molar-refractivity contribution in [3.8, 4) is 0 Å². The fourth-order valence-electron chi connectivity index (χ4n) is 3.34. The molecule has 4 nitrogen and oxygen atoms in total. The molecule has 3 rings (SSSR count). The zero-order valence-electron chi connectivity index (χ0n) is 14.8. The van der Waals surface area contributed by atoms with Gasteiger partial charge in [0.05, 0.1) is 16.4 Å². The van der Waals surface area contributed by atoms with Crippen molar-refractivity contribution in [3.05, 3.63) is 76.5 Å². The molecule has 1 N–H and O–H groups in total. The lowest BCUT2D eigenvalue weighted by molar-refractivity contribution is -0.115. The largest absolute Gasteiger partial charge is 0.512 e. The number of hydrogen-bond acceptors (Lipinski definition) is 4. The first-order valence-electron chi connectivity index (χ1n) is 8.83. The number of benzene rings is 2. The molecule has 0 spiro atoms. The van der Waals surface area contributed by atoms with Crippen molar-refractivity contribution < 1.29 is 18.3 Å². The quantitative estimate of drug-likeness (QED) is 0.761. The van der Waals surface area contributed by atoms with Crippen LogP contribution in [0.4, 0.5) is 0 Å². The Morgan fingerprint density at radius 1 is 1.07 bits per heavy atom. The van der Waals surface area contributed by atoms with Gasteiger partial charge in [-0.15, -0.1) is 0 Å². The summed E-state index contributed by atoms with van der Waals surface area (Å²) in [6.45, 7) is 0. The van der Waals surface area contributed by atoms with Crippen molar-refractivity contribution >= 4 is 27.2 Å². The van der Waals surface area contributed by atoms with Crippen molar-refractivity contribution in [2.45, 2.75) is 36.5 Å². The first-order valence-corrected chi connectivity index (χ1v) is 10.9. The number of aliphatic hydroxyl groups is 1. The number of carbonyl (C=O) groups excluding carboxylic acids is 1. The molecule has 1 unspecified atom stereocenters. The molecule has 2 aromatic rings. The maximum Gasteiger partial charge on any atom is 0.178 e. The predicted octanol–water partition coefficient (Wildman–Crippen LogP) is 4.63. The van der Waals surface area contributed by atoms with E-state index in [4.69, 9.17) is 11.6 Å². The van der Waals surface area contributed by atoms with Gasteiger partial charge in [0, 0.05) is 23.9 Å². The Labute approximate surface area is 164 Å². The second-order valence-electron chi connectivity index (χ2n) is 6.83. The van der Waals surface area contributed by atoms with Crippen LogP contribution in [0.5, 0.6) is 0 Å². The first kappa shape index (κ1) is 19.6. The Balaban J connectivity index is 1.63. The number of hydrogen-bond donors (Lipinski definition) is 1. The summed E-state index contributed by atoms with van der Waals surface area (Å²) in [5, 5.41) is 10.2. The summed E-state index contributed by atoms with van der Waals surface area (Å²) < 4.78 is 24.8. The van der Waals surface area contributed by atoms with Crippen LogP contribution < -0.4 is 0 Å². The van der Waals surface area contributed by atoms with E-state index >= 15 is 0 Å². The summed E-state index contributed by atoms with van der Waals surface area (Å²) in [4.78, 5) is 12.0. The summed E-state index contributed by atoms with van der Waals surface area (Å²) in [6, 6.07) is 14.0. The van der Waals surface area contributed by atoms with E-state index in [0.29, 0.717) is 30.7 Å². The van der Waals surface area contributed by atoms with E-state index in [1.807, 2.05) is 24.3 Å². The molecule has 0 amide bonds. The Hall–Kier alpha value is -2.11. The second-order valence-corrected chi connectivity index (χ2v) is 9.37. The number of halogens is 1. The van der Waals surface area contributed by atoms with Gasteiger partial charge in [0.15, 0.2) is 15.6 Å². The SMILES string of the molecule is O=C1C=C(O)CC(c2cccc(CCCS(=O)(=O)c3ccc(Cl)cc3)c2)C1. The minimum absolute atomic E-state index is 0.0275. The van der Waals surface area contributed by atoms with E-state index in [-0.39, 0.29) is 28.1 Å². The number of aryl methyl sites for hydroxylation is 1. The van der Waals surface area contributed by atoms with Crippen LogP contribution in [0.1, 0.15) is 36.3 Å². The van der Waals surface area contributed by atoms with Gasteiger partial charge in [0.1, 0.15) is 0 Å². The lowest BCUT2D eigenvalue weighted by atomic mass is 9.85. The van der Waals surface area contributed by atoms with E-state index in [9.17, 15) is 18.3 Å². The van der Waals surface area contributed by atoms with Crippen LogP contribution in [0.15, 0.2) is 65.3 Å². The van der Waals surface area contributed by atoms with Crippen LogP contribution in [0.2, 0.25) is 5.02 Å². The number of sulfone groups is 1. The molecular weight excluding hydrogens is 384 g/mol. The molecule has 0 saturated heterocycles. The average molecular weight is 405 g/mol. The van der Waals surface area contributed by atoms with Crippen LogP contribution in [-0.2, 0) is 21.1 Å². The van der Waals surface area contributed by atoms with Crippen molar-refractivity contribution in [2.75, 3.05) is 5.75 Å². The van der Waals surface area contributed by atoms with Gasteiger partial charge in [0.25, 0.3) is 0 Å². The highest BCUT2D eigenvalue weighted by Crippen LogP contribution is 2.31. The molecule has 0 aliphatic heterocycles. The molecule has 0 fully saturated rings. The molecule has 0 aromatic heterocycles. The van der Waals surface area contributed by atoms with Gasteiger partial charge < -0.3 is 5.11 Å². The van der Waals surface area contributed by atoms with Crippen molar-refractivity contribution in [2.24, 2.45) is 0 Å². The maximum atomic E-state index is 12.4. The topological polar surface area (TPSA) is 71.4 Å². The van der Waals surface area contributed by atoms with E-state index in [0.717, 1.165) is 11.1 Å². The zero-order valence-corrected chi connectivity index (χ0v) is 16.3. The molecule has 0 bridgehead atoms. The minimum Gasteiger partial charge on any atom is -0.512 e. The van der Waals surface area contributed by atoms with Crippen molar-refractivity contribution in [1.82, 2.24) is 0 Å². The summed E-state index contributed by atoms with van der Waals surface area (Å²) >= 11 is 5.81. The molecule has 0 saturated carbocycles. The molecule has 0 heterocycles. The smallest absolute Gasteiger partial charge is 0.178 e. The standard InChI is InChI=1S/C21H21ClO4S/c22-18-6-8-21(9-7-18)27(25,26)10-2-4-15-3-1-5-16(11-15)17-12-19(23)14-20(24)13-17/h1,3,5-9,11,14,17,23H,2,4,10,12-13H2. The zero-order chi connectivity index (χ0) is 19.4. The third-order valence-electron chi connectivity index (χ3n) is 4.70. The van der Waals surface area contributed by atoms with Gasteiger partial charge in [-0.05, 0) is 54.2 Å². The van der Waals surface area contributed by atoms with Crippen LogP contribution >= 0.6 is 11.6 Å². The third-order valence-corrected chi connectivity index (χ3v) is 6.77. The van der Waals surface area contributed by atoms with Crippen molar-refractivity contribution in [3.63, 3.8) is 0 Å². The summed E-state index contributed by atoms with van der Waals surface area (Å²) in [6.07, 6.45) is 3.27. The van der Waals surface area contributed by atoms with Crippen molar-refractivity contribution in [1.29, 1.82) is 0 Å². The van der Waals surface area contributed by atoms with E-state index in [2.05, 4.69) is 0 Å². The Kier molecular flexibility index (Phi) is 6.02. The summed E-state index contributed by atoms with van der Waals surface area (Å²) in [5.74, 6) is 0.0868. The number of carbonyl (C=O) groups is 1. The van der Waals surface area contributed by atoms with Gasteiger partial charge in [0.2, 0.25) is 0 Å². The molecule has 27 heavy (non-hydrogen) atoms. The molecule has 1 aliphatic carbocycles. The van der Waals surface area contributed by atoms with Gasteiger partial charge in [-0.3, -0.25) is 4.79 Å². The second kappa shape index (κ2) is 8.28. The minimum atomic E-state index is -3.34. The van der Waals surface area contributed by atoms with Crippen LogP contribution in [0, 0.1) is 0 Å². The van der Waals surface area contributed by atoms with E-state index in [1.165, 1.54) is 18.2 Å². The molecule has 6 heteroatoms. The highest BCUT2D eigenvalue weighted by Gasteiger charge is 2.22.